The molecule has 2 rings (SSSR count). The van der Waals surface area contributed by atoms with Crippen molar-refractivity contribution in [2.24, 2.45) is 5.41 Å². The average molecular weight is 445 g/mol. The highest BCUT2D eigenvalue weighted by atomic mass is 35.5. The summed E-state index contributed by atoms with van der Waals surface area (Å²) >= 11 is 13.2. The summed E-state index contributed by atoms with van der Waals surface area (Å²) in [7, 11) is 0. The monoisotopic (exact) mass is 444 g/mol. The van der Waals surface area contributed by atoms with Crippen LogP contribution in [0.2, 0.25) is 10.0 Å². The molecule has 1 aromatic rings. The standard InChI is InChI=1S/C20H26Cl2N2O3S/c1-4-15(23-12(2)25)18(26)28-17-11-14(22)13(21)10-16(17)24-19(27)20(3)8-6-5-7-9-20/h10-11,15H,4-9H2,1-3H3,(H,23,25)(H,24,27)/t15-/m0/s1. The van der Waals surface area contributed by atoms with Crippen molar-refractivity contribution in [3.63, 3.8) is 0 Å². The second-order valence-corrected chi connectivity index (χ2v) is 9.28. The number of rotatable bonds is 6. The SMILES string of the molecule is CC[C@H](NC(C)=O)C(=O)Sc1cc(Cl)c(Cl)cc1NC(=O)C1(C)CCCCC1. The first-order valence-corrected chi connectivity index (χ1v) is 11.0. The van der Waals surface area contributed by atoms with E-state index in [0.29, 0.717) is 27.0 Å². The number of carbonyl (C=O) groups excluding carboxylic acids is 3. The van der Waals surface area contributed by atoms with Crippen molar-refractivity contribution in [1.29, 1.82) is 0 Å². The van der Waals surface area contributed by atoms with Crippen molar-refractivity contribution < 1.29 is 14.4 Å². The van der Waals surface area contributed by atoms with Crippen molar-refractivity contribution in [2.75, 3.05) is 5.32 Å². The molecule has 1 aliphatic rings. The van der Waals surface area contributed by atoms with E-state index in [2.05, 4.69) is 10.6 Å². The molecule has 0 aromatic heterocycles. The minimum atomic E-state index is -0.614. The predicted octanol–water partition coefficient (Wildman–Crippen LogP) is 5.44. The highest BCUT2D eigenvalue weighted by Gasteiger charge is 2.35. The molecule has 1 saturated carbocycles. The van der Waals surface area contributed by atoms with E-state index >= 15 is 0 Å². The van der Waals surface area contributed by atoms with Gasteiger partial charge in [-0.2, -0.15) is 0 Å². The molecule has 5 nitrogen and oxygen atoms in total. The molecule has 1 fully saturated rings. The first-order valence-electron chi connectivity index (χ1n) is 9.45. The fraction of sp³-hybridized carbons (Fsp3) is 0.550. The van der Waals surface area contributed by atoms with Gasteiger partial charge in [0.1, 0.15) is 0 Å². The molecular weight excluding hydrogens is 419 g/mol. The Balaban J connectivity index is 2.24. The Morgan fingerprint density at radius 2 is 1.75 bits per heavy atom. The minimum absolute atomic E-state index is 0.0752. The first-order chi connectivity index (χ1) is 13.2. The maximum Gasteiger partial charge on any atom is 0.230 e. The molecule has 2 amide bonds. The smallest absolute Gasteiger partial charge is 0.230 e. The lowest BCUT2D eigenvalue weighted by Gasteiger charge is -2.32. The van der Waals surface area contributed by atoms with Crippen molar-refractivity contribution in [1.82, 2.24) is 5.32 Å². The Bertz CT molecular complexity index is 764. The zero-order valence-electron chi connectivity index (χ0n) is 16.4. The van der Waals surface area contributed by atoms with Gasteiger partial charge in [-0.3, -0.25) is 14.4 Å². The van der Waals surface area contributed by atoms with Gasteiger partial charge in [0.15, 0.2) is 0 Å². The maximum absolute atomic E-state index is 12.9. The molecule has 1 aliphatic carbocycles. The van der Waals surface area contributed by atoms with Crippen LogP contribution in [0.15, 0.2) is 17.0 Å². The number of thioether (sulfide) groups is 1. The largest absolute Gasteiger partial charge is 0.346 e. The number of anilines is 1. The van der Waals surface area contributed by atoms with Crippen LogP contribution in [0.5, 0.6) is 0 Å². The van der Waals surface area contributed by atoms with Crippen LogP contribution in [0.1, 0.15) is 59.3 Å². The van der Waals surface area contributed by atoms with E-state index in [4.69, 9.17) is 23.2 Å². The van der Waals surface area contributed by atoms with Gasteiger partial charge in [0.05, 0.1) is 21.8 Å². The molecule has 0 saturated heterocycles. The highest BCUT2D eigenvalue weighted by Crippen LogP contribution is 2.40. The van der Waals surface area contributed by atoms with Crippen molar-refractivity contribution in [3.05, 3.63) is 22.2 Å². The summed E-state index contributed by atoms with van der Waals surface area (Å²) in [5.41, 5.74) is 0.0283. The number of hydrogen-bond donors (Lipinski definition) is 2. The first kappa shape index (κ1) is 23.0. The van der Waals surface area contributed by atoms with E-state index in [-0.39, 0.29) is 16.9 Å². The Hall–Kier alpha value is -1.24. The lowest BCUT2D eigenvalue weighted by Crippen LogP contribution is -2.37. The second-order valence-electron chi connectivity index (χ2n) is 7.42. The van der Waals surface area contributed by atoms with Gasteiger partial charge in [-0.15, -0.1) is 0 Å². The third-order valence-corrected chi connectivity index (χ3v) is 6.82. The molecule has 0 unspecified atom stereocenters. The summed E-state index contributed by atoms with van der Waals surface area (Å²) in [4.78, 5) is 37.4. The van der Waals surface area contributed by atoms with Gasteiger partial charge in [-0.25, -0.2) is 0 Å². The molecule has 1 atom stereocenters. The van der Waals surface area contributed by atoms with Crippen LogP contribution in [0.25, 0.3) is 0 Å². The van der Waals surface area contributed by atoms with Gasteiger partial charge in [0, 0.05) is 17.2 Å². The van der Waals surface area contributed by atoms with Gasteiger partial charge in [0.2, 0.25) is 16.9 Å². The number of amides is 2. The van der Waals surface area contributed by atoms with Crippen molar-refractivity contribution in [3.8, 4) is 0 Å². The summed E-state index contributed by atoms with van der Waals surface area (Å²) < 4.78 is 0. The van der Waals surface area contributed by atoms with Crippen molar-refractivity contribution >= 4 is 57.6 Å². The van der Waals surface area contributed by atoms with Crippen molar-refractivity contribution in [2.45, 2.75) is 70.2 Å². The summed E-state index contributed by atoms with van der Waals surface area (Å²) in [6, 6.07) is 2.53. The Morgan fingerprint density at radius 1 is 1.14 bits per heavy atom. The number of nitrogens with one attached hydrogen (secondary N) is 2. The van der Waals surface area contributed by atoms with Gasteiger partial charge in [-0.1, -0.05) is 56.3 Å². The quantitative estimate of drug-likeness (QED) is 0.572. The topological polar surface area (TPSA) is 75.3 Å². The van der Waals surface area contributed by atoms with Crippen LogP contribution < -0.4 is 10.6 Å². The summed E-state index contributed by atoms with van der Waals surface area (Å²) in [5, 5.41) is 5.96. The van der Waals surface area contributed by atoms with Crippen LogP contribution in [0.3, 0.4) is 0 Å². The third-order valence-electron chi connectivity index (χ3n) is 5.06. The van der Waals surface area contributed by atoms with Crippen LogP contribution in [0.4, 0.5) is 5.69 Å². The lowest BCUT2D eigenvalue weighted by atomic mass is 9.75. The molecule has 0 bridgehead atoms. The van der Waals surface area contributed by atoms with Crippen LogP contribution >= 0.6 is 35.0 Å². The fourth-order valence-corrected chi connectivity index (χ4v) is 4.67. The number of benzene rings is 1. The highest BCUT2D eigenvalue weighted by molar-refractivity contribution is 8.14. The fourth-order valence-electron chi connectivity index (χ4n) is 3.30. The minimum Gasteiger partial charge on any atom is -0.346 e. The molecule has 0 heterocycles. The van der Waals surface area contributed by atoms with E-state index < -0.39 is 11.5 Å². The summed E-state index contributed by atoms with van der Waals surface area (Å²) in [6.45, 7) is 5.16. The maximum atomic E-state index is 12.9. The number of halogens is 2. The van der Waals surface area contributed by atoms with E-state index in [9.17, 15) is 14.4 Å². The van der Waals surface area contributed by atoms with Crippen LogP contribution in [-0.2, 0) is 14.4 Å². The van der Waals surface area contributed by atoms with Gasteiger partial charge < -0.3 is 10.6 Å². The van der Waals surface area contributed by atoms with E-state index in [1.807, 2.05) is 13.8 Å². The lowest BCUT2D eigenvalue weighted by molar-refractivity contribution is -0.126. The normalized spacial score (nSPS) is 16.9. The molecule has 0 aliphatic heterocycles. The molecular formula is C20H26Cl2N2O3S. The molecule has 0 spiro atoms. The van der Waals surface area contributed by atoms with E-state index in [0.717, 1.165) is 43.9 Å². The molecule has 8 heteroatoms. The molecule has 28 heavy (non-hydrogen) atoms. The van der Waals surface area contributed by atoms with Crippen LogP contribution in [0, 0.1) is 5.41 Å². The van der Waals surface area contributed by atoms with E-state index in [1.54, 1.807) is 12.1 Å². The van der Waals surface area contributed by atoms with Crippen LogP contribution in [-0.4, -0.2) is 23.0 Å². The molecule has 1 aromatic carbocycles. The predicted molar refractivity (Wildman–Crippen MR) is 115 cm³/mol. The Kier molecular flexibility index (Phi) is 8.22. The van der Waals surface area contributed by atoms with Gasteiger partial charge in [-0.05, 0) is 43.2 Å². The second kappa shape index (κ2) is 9.99. The zero-order valence-corrected chi connectivity index (χ0v) is 18.7. The summed E-state index contributed by atoms with van der Waals surface area (Å²) in [6.07, 6.45) is 5.34. The Labute approximate surface area is 180 Å². The van der Waals surface area contributed by atoms with E-state index in [1.165, 1.54) is 6.92 Å². The molecule has 0 radical (unpaired) electrons. The molecule has 2 N–H and O–H groups in total. The number of hydrogen-bond acceptors (Lipinski definition) is 4. The van der Waals surface area contributed by atoms with Gasteiger partial charge >= 0.3 is 0 Å². The zero-order chi connectivity index (χ0) is 20.9. The average Bonchev–Trinajstić information content (AvgIpc) is 2.64. The number of carbonyl (C=O) groups is 3. The Morgan fingerprint density at radius 3 is 2.32 bits per heavy atom. The van der Waals surface area contributed by atoms with Gasteiger partial charge in [0.25, 0.3) is 0 Å². The third kappa shape index (κ3) is 5.88. The summed E-state index contributed by atoms with van der Waals surface area (Å²) in [5.74, 6) is -0.345. The molecule has 154 valence electrons.